The molecule has 2 heterocycles. The van der Waals surface area contributed by atoms with Gasteiger partial charge in [0, 0.05) is 22.6 Å². The van der Waals surface area contributed by atoms with Crippen molar-refractivity contribution in [2.75, 3.05) is 23.1 Å². The van der Waals surface area contributed by atoms with Crippen LogP contribution in [0.15, 0.2) is 96.3 Å². The molecule has 9 heteroatoms. The van der Waals surface area contributed by atoms with Gasteiger partial charge in [-0.15, -0.1) is 0 Å². The molecule has 4 aromatic rings. The Morgan fingerprint density at radius 1 is 0.919 bits per heavy atom. The molecular weight excluding hydrogens is 473 g/mol. The van der Waals surface area contributed by atoms with Crippen molar-refractivity contribution in [2.45, 2.75) is 13.0 Å². The number of rotatable bonds is 6. The SMILES string of the molecule is COc1ccccc1[C@H]1C(C(=O)Nc2ccccc2)=C(C)Nc2c(C(=O)Nc3ccc(F)cc3)cnn21. The minimum Gasteiger partial charge on any atom is -0.496 e. The Balaban J connectivity index is 1.56. The summed E-state index contributed by atoms with van der Waals surface area (Å²) in [6, 6.07) is 21.3. The maximum Gasteiger partial charge on any atom is 0.261 e. The Kier molecular flexibility index (Phi) is 6.42. The molecule has 37 heavy (non-hydrogen) atoms. The highest BCUT2D eigenvalue weighted by Crippen LogP contribution is 2.41. The lowest BCUT2D eigenvalue weighted by atomic mass is 9.93. The summed E-state index contributed by atoms with van der Waals surface area (Å²) in [6.45, 7) is 1.78. The Bertz CT molecular complexity index is 1500. The number of anilines is 3. The van der Waals surface area contributed by atoms with Gasteiger partial charge in [-0.2, -0.15) is 5.10 Å². The van der Waals surface area contributed by atoms with Crippen molar-refractivity contribution in [3.05, 3.63) is 113 Å². The van der Waals surface area contributed by atoms with Gasteiger partial charge in [0.15, 0.2) is 0 Å². The second-order valence-corrected chi connectivity index (χ2v) is 8.44. The van der Waals surface area contributed by atoms with Gasteiger partial charge in [0.05, 0.1) is 18.9 Å². The van der Waals surface area contributed by atoms with E-state index in [0.29, 0.717) is 39.8 Å². The van der Waals surface area contributed by atoms with E-state index in [1.54, 1.807) is 30.8 Å². The minimum atomic E-state index is -0.677. The lowest BCUT2D eigenvalue weighted by molar-refractivity contribution is -0.113. The van der Waals surface area contributed by atoms with E-state index < -0.39 is 17.8 Å². The van der Waals surface area contributed by atoms with Crippen molar-refractivity contribution in [1.29, 1.82) is 0 Å². The van der Waals surface area contributed by atoms with E-state index in [1.807, 2.05) is 42.5 Å². The molecule has 0 fully saturated rings. The van der Waals surface area contributed by atoms with Crippen LogP contribution in [0.3, 0.4) is 0 Å². The molecule has 0 unspecified atom stereocenters. The summed E-state index contributed by atoms with van der Waals surface area (Å²) in [5, 5.41) is 13.4. The van der Waals surface area contributed by atoms with Crippen LogP contribution in [0.5, 0.6) is 5.75 Å². The lowest BCUT2D eigenvalue weighted by Crippen LogP contribution is -2.32. The van der Waals surface area contributed by atoms with Crippen molar-refractivity contribution in [3.63, 3.8) is 0 Å². The fourth-order valence-electron chi connectivity index (χ4n) is 4.35. The number of amides is 2. The average Bonchev–Trinajstić information content (AvgIpc) is 3.33. The van der Waals surface area contributed by atoms with Crippen LogP contribution >= 0.6 is 0 Å². The molecule has 1 aliphatic rings. The van der Waals surface area contributed by atoms with Gasteiger partial charge in [-0.3, -0.25) is 9.59 Å². The van der Waals surface area contributed by atoms with Gasteiger partial charge < -0.3 is 20.7 Å². The van der Waals surface area contributed by atoms with Crippen LogP contribution in [0.4, 0.5) is 21.6 Å². The fraction of sp³-hybridized carbons (Fsp3) is 0.107. The molecule has 1 aliphatic heterocycles. The molecule has 3 aromatic carbocycles. The van der Waals surface area contributed by atoms with E-state index in [0.717, 1.165) is 0 Å². The number of hydrogen-bond donors (Lipinski definition) is 3. The number of ether oxygens (including phenoxy) is 1. The van der Waals surface area contributed by atoms with Crippen LogP contribution in [-0.4, -0.2) is 28.7 Å². The highest BCUT2D eigenvalue weighted by atomic mass is 19.1. The highest BCUT2D eigenvalue weighted by Gasteiger charge is 2.36. The molecule has 1 aromatic heterocycles. The molecule has 0 spiro atoms. The lowest BCUT2D eigenvalue weighted by Gasteiger charge is -2.31. The third-order valence-corrected chi connectivity index (χ3v) is 6.08. The van der Waals surface area contributed by atoms with Crippen LogP contribution in [-0.2, 0) is 4.79 Å². The molecule has 5 rings (SSSR count). The highest BCUT2D eigenvalue weighted by molar-refractivity contribution is 6.09. The monoisotopic (exact) mass is 497 g/mol. The third-order valence-electron chi connectivity index (χ3n) is 6.08. The summed E-state index contributed by atoms with van der Waals surface area (Å²) in [5.41, 5.74) is 3.06. The summed E-state index contributed by atoms with van der Waals surface area (Å²) < 4.78 is 20.5. The zero-order valence-electron chi connectivity index (χ0n) is 20.2. The van der Waals surface area contributed by atoms with Crippen molar-refractivity contribution >= 4 is 29.0 Å². The van der Waals surface area contributed by atoms with Crippen LogP contribution in [0.1, 0.15) is 28.9 Å². The summed E-state index contributed by atoms with van der Waals surface area (Å²) in [4.78, 5) is 26.7. The van der Waals surface area contributed by atoms with Crippen molar-refractivity contribution in [2.24, 2.45) is 0 Å². The van der Waals surface area contributed by atoms with Gasteiger partial charge in [0.25, 0.3) is 11.8 Å². The first-order valence-electron chi connectivity index (χ1n) is 11.6. The van der Waals surface area contributed by atoms with Crippen LogP contribution in [0.2, 0.25) is 0 Å². The Morgan fingerprint density at radius 3 is 2.30 bits per heavy atom. The maximum atomic E-state index is 13.6. The number of fused-ring (bicyclic) bond motifs is 1. The van der Waals surface area contributed by atoms with Crippen molar-refractivity contribution in [3.8, 4) is 5.75 Å². The number of para-hydroxylation sites is 2. The largest absolute Gasteiger partial charge is 0.496 e. The smallest absolute Gasteiger partial charge is 0.261 e. The molecular formula is C28H24FN5O3. The van der Waals surface area contributed by atoms with Crippen LogP contribution in [0.25, 0.3) is 0 Å². The Labute approximate surface area is 212 Å². The zero-order valence-corrected chi connectivity index (χ0v) is 20.2. The van der Waals surface area contributed by atoms with Crippen molar-refractivity contribution in [1.82, 2.24) is 9.78 Å². The van der Waals surface area contributed by atoms with E-state index in [9.17, 15) is 14.0 Å². The van der Waals surface area contributed by atoms with Gasteiger partial charge >= 0.3 is 0 Å². The van der Waals surface area contributed by atoms with E-state index in [4.69, 9.17) is 4.74 Å². The topological polar surface area (TPSA) is 97.3 Å². The number of nitrogens with one attached hydrogen (secondary N) is 3. The van der Waals surface area contributed by atoms with Gasteiger partial charge in [-0.05, 0) is 49.4 Å². The number of hydrogen-bond acceptors (Lipinski definition) is 5. The minimum absolute atomic E-state index is 0.270. The normalized spacial score (nSPS) is 14.4. The van der Waals surface area contributed by atoms with E-state index in [1.165, 1.54) is 30.5 Å². The molecule has 0 bridgehead atoms. The maximum absolute atomic E-state index is 13.6. The Hall–Kier alpha value is -4.92. The molecule has 1 atom stereocenters. The number of carbonyl (C=O) groups is 2. The predicted octanol–water partition coefficient (Wildman–Crippen LogP) is 5.21. The molecule has 186 valence electrons. The first-order valence-corrected chi connectivity index (χ1v) is 11.6. The van der Waals surface area contributed by atoms with Gasteiger partial charge in [-0.1, -0.05) is 36.4 Å². The standard InChI is InChI=1S/C28H24FN5O3/c1-17-24(28(36)33-19-8-4-3-5-9-19)25(21-10-6-7-11-23(21)37-2)34-26(31-17)22(16-30-34)27(35)32-20-14-12-18(29)13-15-20/h3-16,25,31H,1-2H3,(H,32,35)(H,33,36)/t25-/m0/s1. The van der Waals surface area contributed by atoms with Gasteiger partial charge in [0.1, 0.15) is 29.0 Å². The molecule has 0 saturated heterocycles. The molecule has 0 saturated carbocycles. The summed E-state index contributed by atoms with van der Waals surface area (Å²) in [7, 11) is 1.56. The predicted molar refractivity (Wildman–Crippen MR) is 139 cm³/mol. The first kappa shape index (κ1) is 23.8. The second kappa shape index (κ2) is 9.98. The second-order valence-electron chi connectivity index (χ2n) is 8.44. The number of halogens is 1. The number of allylic oxidation sites excluding steroid dienone is 1. The quantitative estimate of drug-likeness (QED) is 0.340. The average molecular weight is 498 g/mol. The molecule has 8 nitrogen and oxygen atoms in total. The van der Waals surface area contributed by atoms with Crippen molar-refractivity contribution < 1.29 is 18.7 Å². The van der Waals surface area contributed by atoms with E-state index in [-0.39, 0.29) is 11.5 Å². The summed E-state index contributed by atoms with van der Waals surface area (Å²) >= 11 is 0. The van der Waals surface area contributed by atoms with E-state index >= 15 is 0 Å². The third kappa shape index (κ3) is 4.66. The number of carbonyl (C=O) groups excluding carboxylic acids is 2. The van der Waals surface area contributed by atoms with Gasteiger partial charge in [0.2, 0.25) is 0 Å². The van der Waals surface area contributed by atoms with E-state index in [2.05, 4.69) is 21.0 Å². The zero-order chi connectivity index (χ0) is 25.9. The summed E-state index contributed by atoms with van der Waals surface area (Å²) in [5.74, 6) is -0.144. The number of benzene rings is 3. The molecule has 0 aliphatic carbocycles. The molecule has 2 amide bonds. The number of nitrogens with zero attached hydrogens (tertiary/aromatic N) is 2. The first-order chi connectivity index (χ1) is 18.0. The fourth-order valence-corrected chi connectivity index (χ4v) is 4.35. The molecule has 3 N–H and O–H groups in total. The van der Waals surface area contributed by atoms with Gasteiger partial charge in [-0.25, -0.2) is 9.07 Å². The van der Waals surface area contributed by atoms with Crippen LogP contribution < -0.4 is 20.7 Å². The molecule has 0 radical (unpaired) electrons. The number of methoxy groups -OCH3 is 1. The van der Waals surface area contributed by atoms with Crippen LogP contribution in [0, 0.1) is 5.82 Å². The summed E-state index contributed by atoms with van der Waals surface area (Å²) in [6.07, 6.45) is 1.44. The number of aromatic nitrogens is 2. The Morgan fingerprint density at radius 2 is 1.57 bits per heavy atom.